The van der Waals surface area contributed by atoms with Crippen LogP contribution in [0.25, 0.3) is 0 Å². The maximum atomic E-state index is 5.36. The van der Waals surface area contributed by atoms with Crippen molar-refractivity contribution in [3.05, 3.63) is 11.9 Å². The molecule has 1 heterocycles. The molecule has 1 aromatic heterocycles. The molecule has 1 unspecified atom stereocenters. The number of rotatable bonds is 9. The van der Waals surface area contributed by atoms with E-state index in [1.54, 1.807) is 0 Å². The van der Waals surface area contributed by atoms with Crippen LogP contribution in [0.2, 0.25) is 0 Å². The summed E-state index contributed by atoms with van der Waals surface area (Å²) in [6, 6.07) is 0.317. The first-order valence-corrected chi connectivity index (χ1v) is 6.46. The second kappa shape index (κ2) is 8.20. The molecule has 1 aromatic rings. The molecule has 5 nitrogen and oxygen atoms in total. The topological polar surface area (TPSA) is 52.0 Å². The van der Waals surface area contributed by atoms with Crippen molar-refractivity contribution < 1.29 is 4.74 Å². The van der Waals surface area contributed by atoms with Crippen LogP contribution in [0.5, 0.6) is 0 Å². The largest absolute Gasteiger partial charge is 0.382 e. The first-order valence-electron chi connectivity index (χ1n) is 6.46. The Morgan fingerprint density at radius 2 is 2.29 bits per heavy atom. The number of aryl methyl sites for hydroxylation is 1. The minimum Gasteiger partial charge on any atom is -0.382 e. The van der Waals surface area contributed by atoms with Crippen molar-refractivity contribution in [3.63, 3.8) is 0 Å². The van der Waals surface area contributed by atoms with Gasteiger partial charge in [-0.25, -0.2) is 4.68 Å². The van der Waals surface area contributed by atoms with Gasteiger partial charge in [-0.3, -0.25) is 0 Å². The van der Waals surface area contributed by atoms with E-state index in [0.717, 1.165) is 39.0 Å². The van der Waals surface area contributed by atoms with Crippen LogP contribution in [0.3, 0.4) is 0 Å². The first kappa shape index (κ1) is 14.1. The number of hydrogen-bond acceptors (Lipinski definition) is 4. The predicted octanol–water partition coefficient (Wildman–Crippen LogP) is 1.77. The lowest BCUT2D eigenvalue weighted by molar-refractivity contribution is 0.140. The first-order chi connectivity index (χ1) is 8.33. The Bertz CT molecular complexity index is 300. The Kier molecular flexibility index (Phi) is 6.81. The SMILES string of the molecule is CCCn1nncc1C(CCCOCC)NC. The number of hydrogen-bond donors (Lipinski definition) is 1. The summed E-state index contributed by atoms with van der Waals surface area (Å²) in [7, 11) is 1.98. The lowest BCUT2D eigenvalue weighted by atomic mass is 10.1. The number of ether oxygens (including phenoxy) is 1. The molecule has 0 aliphatic carbocycles. The summed E-state index contributed by atoms with van der Waals surface area (Å²) in [6.07, 6.45) is 5.04. The van der Waals surface area contributed by atoms with Crippen molar-refractivity contribution in [1.29, 1.82) is 0 Å². The zero-order valence-corrected chi connectivity index (χ0v) is 11.1. The van der Waals surface area contributed by atoms with Crippen molar-refractivity contribution >= 4 is 0 Å². The van der Waals surface area contributed by atoms with Crippen molar-refractivity contribution in [3.8, 4) is 0 Å². The van der Waals surface area contributed by atoms with E-state index in [-0.39, 0.29) is 0 Å². The smallest absolute Gasteiger partial charge is 0.0756 e. The molecule has 0 fully saturated rings. The zero-order chi connectivity index (χ0) is 12.5. The third kappa shape index (κ3) is 4.44. The molecule has 0 bridgehead atoms. The monoisotopic (exact) mass is 240 g/mol. The van der Waals surface area contributed by atoms with E-state index in [1.165, 1.54) is 5.69 Å². The molecule has 0 aromatic carbocycles. The molecule has 0 aliphatic heterocycles. The highest BCUT2D eigenvalue weighted by Crippen LogP contribution is 2.17. The lowest BCUT2D eigenvalue weighted by Gasteiger charge is -2.16. The molecular weight excluding hydrogens is 216 g/mol. The fraction of sp³-hybridized carbons (Fsp3) is 0.833. The highest BCUT2D eigenvalue weighted by molar-refractivity contribution is 5.01. The van der Waals surface area contributed by atoms with Gasteiger partial charge >= 0.3 is 0 Å². The number of aromatic nitrogens is 3. The summed E-state index contributed by atoms with van der Waals surface area (Å²) in [5, 5.41) is 11.4. The zero-order valence-electron chi connectivity index (χ0n) is 11.1. The van der Waals surface area contributed by atoms with Crippen LogP contribution < -0.4 is 5.32 Å². The Balaban J connectivity index is 2.50. The summed E-state index contributed by atoms with van der Waals surface area (Å²) in [5.41, 5.74) is 1.17. The van der Waals surface area contributed by atoms with Crippen LogP contribution in [0, 0.1) is 0 Å². The molecule has 0 aliphatic rings. The maximum absolute atomic E-state index is 5.36. The van der Waals surface area contributed by atoms with Crippen molar-refractivity contribution in [2.75, 3.05) is 20.3 Å². The van der Waals surface area contributed by atoms with Gasteiger partial charge in [-0.2, -0.15) is 0 Å². The molecule has 0 saturated carbocycles. The minimum absolute atomic E-state index is 0.317. The molecule has 5 heteroatoms. The molecular formula is C12H24N4O. The van der Waals surface area contributed by atoms with E-state index < -0.39 is 0 Å². The Morgan fingerprint density at radius 3 is 2.94 bits per heavy atom. The average molecular weight is 240 g/mol. The Hall–Kier alpha value is -0.940. The van der Waals surface area contributed by atoms with Crippen LogP contribution in [-0.4, -0.2) is 35.3 Å². The van der Waals surface area contributed by atoms with Gasteiger partial charge in [0.05, 0.1) is 17.9 Å². The normalized spacial score (nSPS) is 12.9. The fourth-order valence-corrected chi connectivity index (χ4v) is 1.90. The van der Waals surface area contributed by atoms with Crippen LogP contribution in [0.1, 0.15) is 44.8 Å². The van der Waals surface area contributed by atoms with Gasteiger partial charge in [0.2, 0.25) is 0 Å². The van der Waals surface area contributed by atoms with Crippen LogP contribution in [0.15, 0.2) is 6.20 Å². The molecule has 1 N–H and O–H groups in total. The van der Waals surface area contributed by atoms with E-state index in [4.69, 9.17) is 4.74 Å². The van der Waals surface area contributed by atoms with E-state index in [2.05, 4.69) is 22.6 Å². The van der Waals surface area contributed by atoms with Crippen LogP contribution in [-0.2, 0) is 11.3 Å². The van der Waals surface area contributed by atoms with Gasteiger partial charge < -0.3 is 10.1 Å². The van der Waals surface area contributed by atoms with Crippen LogP contribution >= 0.6 is 0 Å². The molecule has 0 radical (unpaired) electrons. The molecule has 0 saturated heterocycles. The second-order valence-electron chi connectivity index (χ2n) is 4.06. The minimum atomic E-state index is 0.317. The maximum Gasteiger partial charge on any atom is 0.0756 e. The third-order valence-corrected chi connectivity index (χ3v) is 2.77. The summed E-state index contributed by atoms with van der Waals surface area (Å²) in [4.78, 5) is 0. The molecule has 1 atom stereocenters. The van der Waals surface area contributed by atoms with E-state index in [9.17, 15) is 0 Å². The predicted molar refractivity (Wildman–Crippen MR) is 67.8 cm³/mol. The van der Waals surface area contributed by atoms with E-state index in [0.29, 0.717) is 6.04 Å². The van der Waals surface area contributed by atoms with Crippen molar-refractivity contribution in [2.24, 2.45) is 0 Å². The fourth-order valence-electron chi connectivity index (χ4n) is 1.90. The standard InChI is InChI=1S/C12H24N4O/c1-4-8-16-12(10-14-15-16)11(13-3)7-6-9-17-5-2/h10-11,13H,4-9H2,1-3H3. The Labute approximate surface area is 104 Å². The number of nitrogens with one attached hydrogen (secondary N) is 1. The molecule has 98 valence electrons. The van der Waals surface area contributed by atoms with Crippen molar-refractivity contribution in [2.45, 2.75) is 45.7 Å². The van der Waals surface area contributed by atoms with Gasteiger partial charge in [-0.05, 0) is 33.2 Å². The number of nitrogens with zero attached hydrogens (tertiary/aromatic N) is 3. The second-order valence-corrected chi connectivity index (χ2v) is 4.06. The van der Waals surface area contributed by atoms with Gasteiger partial charge in [-0.1, -0.05) is 12.1 Å². The van der Waals surface area contributed by atoms with Gasteiger partial charge in [0.25, 0.3) is 0 Å². The molecule has 1 rings (SSSR count). The third-order valence-electron chi connectivity index (χ3n) is 2.77. The molecule has 0 spiro atoms. The molecule has 0 amide bonds. The highest BCUT2D eigenvalue weighted by Gasteiger charge is 2.14. The summed E-state index contributed by atoms with van der Waals surface area (Å²) in [6.45, 7) is 6.72. The Morgan fingerprint density at radius 1 is 1.47 bits per heavy atom. The summed E-state index contributed by atoms with van der Waals surface area (Å²) >= 11 is 0. The highest BCUT2D eigenvalue weighted by atomic mass is 16.5. The van der Waals surface area contributed by atoms with Crippen LogP contribution in [0.4, 0.5) is 0 Å². The lowest BCUT2D eigenvalue weighted by Crippen LogP contribution is -2.21. The van der Waals surface area contributed by atoms with Gasteiger partial charge in [0, 0.05) is 19.8 Å². The van der Waals surface area contributed by atoms with E-state index in [1.807, 2.05) is 24.9 Å². The summed E-state index contributed by atoms with van der Waals surface area (Å²) in [5.74, 6) is 0. The van der Waals surface area contributed by atoms with Gasteiger partial charge in [0.15, 0.2) is 0 Å². The van der Waals surface area contributed by atoms with Gasteiger partial charge in [-0.15, -0.1) is 5.10 Å². The van der Waals surface area contributed by atoms with Crippen molar-refractivity contribution in [1.82, 2.24) is 20.3 Å². The molecule has 17 heavy (non-hydrogen) atoms. The quantitative estimate of drug-likeness (QED) is 0.668. The van der Waals surface area contributed by atoms with Gasteiger partial charge in [0.1, 0.15) is 0 Å². The average Bonchev–Trinajstić information content (AvgIpc) is 2.78. The van der Waals surface area contributed by atoms with E-state index >= 15 is 0 Å². The summed E-state index contributed by atoms with van der Waals surface area (Å²) < 4.78 is 7.35.